The molecule has 0 N–H and O–H groups in total. The highest BCUT2D eigenvalue weighted by atomic mass is 16.5. The zero-order valence-corrected chi connectivity index (χ0v) is 19.7. The van der Waals surface area contributed by atoms with E-state index in [-0.39, 0.29) is 0 Å². The number of hydrogen-bond acceptors (Lipinski definition) is 2. The first kappa shape index (κ1) is 21.6. The zero-order chi connectivity index (χ0) is 22.0. The molecule has 162 valence electrons. The van der Waals surface area contributed by atoms with E-state index in [0.29, 0.717) is 5.92 Å². The molecule has 1 aliphatic carbocycles. The van der Waals surface area contributed by atoms with Gasteiger partial charge in [0.15, 0.2) is 0 Å². The fourth-order valence-corrected chi connectivity index (χ4v) is 5.23. The molecule has 0 bridgehead atoms. The Morgan fingerprint density at radius 3 is 2.39 bits per heavy atom. The SMILES string of the molecule is CCc1cccc(CC)c1-c1cc(OC)c2c(n1)CCCC2Cc1cc(C)ccc1C. The predicted molar refractivity (Wildman–Crippen MR) is 130 cm³/mol. The summed E-state index contributed by atoms with van der Waals surface area (Å²) in [4.78, 5) is 5.26. The molecule has 4 rings (SSSR count). The van der Waals surface area contributed by atoms with Crippen LogP contribution in [-0.2, 0) is 25.7 Å². The number of hydrogen-bond donors (Lipinski definition) is 0. The lowest BCUT2D eigenvalue weighted by Gasteiger charge is -2.28. The molecule has 0 aliphatic heterocycles. The molecule has 0 radical (unpaired) electrons. The maximum absolute atomic E-state index is 6.00. The van der Waals surface area contributed by atoms with Crippen molar-refractivity contribution in [1.29, 1.82) is 0 Å². The molecule has 1 atom stereocenters. The number of methoxy groups -OCH3 is 1. The Labute approximate surface area is 187 Å². The third-order valence-electron chi connectivity index (χ3n) is 6.92. The number of rotatable bonds is 6. The van der Waals surface area contributed by atoms with Crippen LogP contribution in [0.1, 0.15) is 71.7 Å². The molecule has 2 nitrogen and oxygen atoms in total. The molecule has 0 fully saturated rings. The third-order valence-corrected chi connectivity index (χ3v) is 6.92. The lowest BCUT2D eigenvalue weighted by molar-refractivity contribution is 0.395. The summed E-state index contributed by atoms with van der Waals surface area (Å²) in [5.41, 5.74) is 11.9. The smallest absolute Gasteiger partial charge is 0.126 e. The van der Waals surface area contributed by atoms with Gasteiger partial charge in [0.2, 0.25) is 0 Å². The van der Waals surface area contributed by atoms with E-state index in [4.69, 9.17) is 9.72 Å². The van der Waals surface area contributed by atoms with Crippen LogP contribution in [-0.4, -0.2) is 12.1 Å². The summed E-state index contributed by atoms with van der Waals surface area (Å²) in [5.74, 6) is 1.48. The van der Waals surface area contributed by atoms with Gasteiger partial charge in [-0.15, -0.1) is 0 Å². The Morgan fingerprint density at radius 1 is 0.968 bits per heavy atom. The number of ether oxygens (including phenoxy) is 1. The van der Waals surface area contributed by atoms with Crippen LogP contribution in [0, 0.1) is 13.8 Å². The highest BCUT2D eigenvalue weighted by Gasteiger charge is 2.27. The van der Waals surface area contributed by atoms with Crippen molar-refractivity contribution in [2.24, 2.45) is 0 Å². The van der Waals surface area contributed by atoms with E-state index in [1.165, 1.54) is 57.5 Å². The Kier molecular flexibility index (Phi) is 6.46. The Morgan fingerprint density at radius 2 is 1.71 bits per heavy atom. The molecule has 0 amide bonds. The average Bonchev–Trinajstić information content (AvgIpc) is 2.80. The fourth-order valence-electron chi connectivity index (χ4n) is 5.23. The van der Waals surface area contributed by atoms with E-state index < -0.39 is 0 Å². The predicted octanol–water partition coefficient (Wildman–Crippen LogP) is 7.16. The molecule has 2 aromatic carbocycles. The monoisotopic (exact) mass is 413 g/mol. The van der Waals surface area contributed by atoms with Crippen LogP contribution in [0.15, 0.2) is 42.5 Å². The van der Waals surface area contributed by atoms with Gasteiger partial charge in [0.05, 0.1) is 12.8 Å². The molecule has 0 saturated carbocycles. The molecule has 0 saturated heterocycles. The molecular weight excluding hydrogens is 378 g/mol. The molecule has 1 heterocycles. The summed E-state index contributed by atoms with van der Waals surface area (Å²) in [6, 6.07) is 15.7. The van der Waals surface area contributed by atoms with Gasteiger partial charge in [-0.1, -0.05) is 55.8 Å². The van der Waals surface area contributed by atoms with Gasteiger partial charge in [-0.05, 0) is 80.5 Å². The summed E-state index contributed by atoms with van der Waals surface area (Å²) < 4.78 is 6.00. The van der Waals surface area contributed by atoms with Crippen LogP contribution >= 0.6 is 0 Å². The van der Waals surface area contributed by atoms with Crippen molar-refractivity contribution < 1.29 is 4.74 Å². The van der Waals surface area contributed by atoms with Crippen molar-refractivity contribution in [3.63, 3.8) is 0 Å². The van der Waals surface area contributed by atoms with E-state index in [1.54, 1.807) is 0 Å². The Hall–Kier alpha value is -2.61. The van der Waals surface area contributed by atoms with Gasteiger partial charge in [0, 0.05) is 22.9 Å². The van der Waals surface area contributed by atoms with Crippen molar-refractivity contribution in [3.8, 4) is 17.0 Å². The summed E-state index contributed by atoms with van der Waals surface area (Å²) in [7, 11) is 1.81. The minimum atomic E-state index is 0.466. The number of benzene rings is 2. The summed E-state index contributed by atoms with van der Waals surface area (Å²) in [6.45, 7) is 8.87. The number of fused-ring (bicyclic) bond motifs is 1. The van der Waals surface area contributed by atoms with Crippen LogP contribution in [0.2, 0.25) is 0 Å². The number of aromatic nitrogens is 1. The van der Waals surface area contributed by atoms with Crippen molar-refractivity contribution >= 4 is 0 Å². The van der Waals surface area contributed by atoms with Crippen molar-refractivity contribution in [1.82, 2.24) is 4.98 Å². The minimum absolute atomic E-state index is 0.466. The zero-order valence-electron chi connectivity index (χ0n) is 19.7. The second kappa shape index (κ2) is 9.26. The van der Waals surface area contributed by atoms with Crippen LogP contribution in [0.4, 0.5) is 0 Å². The second-order valence-corrected chi connectivity index (χ2v) is 8.95. The van der Waals surface area contributed by atoms with E-state index in [1.807, 2.05) is 7.11 Å². The third kappa shape index (κ3) is 4.26. The fraction of sp³-hybridized carbons (Fsp3) is 0.414. The molecule has 2 heteroatoms. The van der Waals surface area contributed by atoms with E-state index in [0.717, 1.165) is 37.1 Å². The quantitative estimate of drug-likeness (QED) is 0.428. The van der Waals surface area contributed by atoms with Crippen molar-refractivity contribution in [2.75, 3.05) is 7.11 Å². The first-order valence-corrected chi connectivity index (χ1v) is 11.8. The molecule has 31 heavy (non-hydrogen) atoms. The Bertz CT molecular complexity index is 1040. The van der Waals surface area contributed by atoms with Gasteiger partial charge in [-0.25, -0.2) is 0 Å². The highest BCUT2D eigenvalue weighted by Crippen LogP contribution is 2.42. The van der Waals surface area contributed by atoms with Gasteiger partial charge in [0.1, 0.15) is 5.75 Å². The van der Waals surface area contributed by atoms with Gasteiger partial charge < -0.3 is 4.74 Å². The topological polar surface area (TPSA) is 22.1 Å². The summed E-state index contributed by atoms with van der Waals surface area (Å²) in [5, 5.41) is 0. The van der Waals surface area contributed by atoms with E-state index >= 15 is 0 Å². The summed E-state index contributed by atoms with van der Waals surface area (Å²) >= 11 is 0. The van der Waals surface area contributed by atoms with Crippen LogP contribution < -0.4 is 4.74 Å². The normalized spacial score (nSPS) is 15.6. The van der Waals surface area contributed by atoms with E-state index in [9.17, 15) is 0 Å². The minimum Gasteiger partial charge on any atom is -0.496 e. The first-order valence-electron chi connectivity index (χ1n) is 11.8. The lowest BCUT2D eigenvalue weighted by Crippen LogP contribution is -2.16. The molecular formula is C29H35NO. The largest absolute Gasteiger partial charge is 0.496 e. The lowest BCUT2D eigenvalue weighted by atomic mass is 9.80. The first-order chi connectivity index (χ1) is 15.0. The van der Waals surface area contributed by atoms with Gasteiger partial charge in [-0.2, -0.15) is 0 Å². The van der Waals surface area contributed by atoms with Gasteiger partial charge in [0.25, 0.3) is 0 Å². The molecule has 1 aromatic heterocycles. The summed E-state index contributed by atoms with van der Waals surface area (Å²) in [6.07, 6.45) is 6.52. The molecule has 1 aliphatic rings. The average molecular weight is 414 g/mol. The van der Waals surface area contributed by atoms with Crippen molar-refractivity contribution in [3.05, 3.63) is 81.5 Å². The van der Waals surface area contributed by atoms with E-state index in [2.05, 4.69) is 70.2 Å². The van der Waals surface area contributed by atoms with Crippen LogP contribution in [0.3, 0.4) is 0 Å². The maximum Gasteiger partial charge on any atom is 0.126 e. The van der Waals surface area contributed by atoms with Gasteiger partial charge in [-0.3, -0.25) is 4.98 Å². The maximum atomic E-state index is 6.00. The van der Waals surface area contributed by atoms with Crippen molar-refractivity contribution in [2.45, 2.75) is 72.1 Å². The molecule has 1 unspecified atom stereocenters. The Balaban J connectivity index is 1.80. The van der Waals surface area contributed by atoms with Crippen LogP contribution in [0.25, 0.3) is 11.3 Å². The molecule has 3 aromatic rings. The highest BCUT2D eigenvalue weighted by molar-refractivity contribution is 5.70. The van der Waals surface area contributed by atoms with Gasteiger partial charge >= 0.3 is 0 Å². The van der Waals surface area contributed by atoms with Crippen LogP contribution in [0.5, 0.6) is 5.75 Å². The number of aryl methyl sites for hydroxylation is 5. The number of pyridine rings is 1. The standard InChI is InChI=1S/C29H35NO/c1-6-21-10-8-11-22(7-2)28(21)26-18-27(31-5)29-23(12-9-13-25(29)30-26)17-24-16-19(3)14-15-20(24)4/h8,10-11,14-16,18,23H,6-7,9,12-13,17H2,1-5H3. The number of nitrogens with zero attached hydrogens (tertiary/aromatic N) is 1. The second-order valence-electron chi connectivity index (χ2n) is 8.95. The molecule has 0 spiro atoms.